The first-order valence-corrected chi connectivity index (χ1v) is 10.1. The summed E-state index contributed by atoms with van der Waals surface area (Å²) in [4.78, 5) is 12.9. The molecule has 1 amide bonds. The highest BCUT2D eigenvalue weighted by Crippen LogP contribution is 2.47. The van der Waals surface area contributed by atoms with E-state index in [1.165, 1.54) is 11.8 Å². The summed E-state index contributed by atoms with van der Waals surface area (Å²) in [6.45, 7) is 19.3. The zero-order chi connectivity index (χ0) is 19.9. The molecular weight excluding hydrogens is 344 g/mol. The normalized spacial score (nSPS) is 18.7. The van der Waals surface area contributed by atoms with Gasteiger partial charge in [-0.05, 0) is 46.1 Å². The van der Waals surface area contributed by atoms with Gasteiger partial charge in [0.15, 0.2) is 0 Å². The van der Waals surface area contributed by atoms with Crippen LogP contribution in [0.1, 0.15) is 76.8 Å². The van der Waals surface area contributed by atoms with Crippen molar-refractivity contribution >= 4 is 17.7 Å². The number of hydrogen-bond acceptors (Lipinski definition) is 4. The van der Waals surface area contributed by atoms with Crippen LogP contribution in [-0.4, -0.2) is 22.6 Å². The van der Waals surface area contributed by atoms with Crippen molar-refractivity contribution in [2.75, 3.05) is 6.54 Å². The highest BCUT2D eigenvalue weighted by atomic mass is 32.2. The van der Waals surface area contributed by atoms with E-state index in [9.17, 15) is 9.90 Å². The summed E-state index contributed by atoms with van der Waals surface area (Å²) in [5, 5.41) is 12.8. The smallest absolute Gasteiger partial charge is 0.259 e. The Hall–Kier alpha value is -1.46. The number of amides is 1. The minimum absolute atomic E-state index is 0.00106. The summed E-state index contributed by atoms with van der Waals surface area (Å²) < 4.78 is 0. The van der Waals surface area contributed by atoms with Crippen LogP contribution in [0.15, 0.2) is 23.7 Å². The van der Waals surface area contributed by atoms with E-state index in [1.807, 2.05) is 12.1 Å². The molecule has 1 aromatic carbocycles. The Morgan fingerprint density at radius 2 is 1.65 bits per heavy atom. The van der Waals surface area contributed by atoms with E-state index >= 15 is 0 Å². The van der Waals surface area contributed by atoms with Crippen LogP contribution in [0.4, 0.5) is 0 Å². The molecule has 2 N–H and O–H groups in total. The lowest BCUT2D eigenvalue weighted by atomic mass is 9.78. The summed E-state index contributed by atoms with van der Waals surface area (Å²) in [7, 11) is 0. The molecule has 2 rings (SSSR count). The molecule has 5 heteroatoms. The Balaban J connectivity index is 2.53. The monoisotopic (exact) mass is 376 g/mol. The number of aromatic hydroxyl groups is 1. The van der Waals surface area contributed by atoms with E-state index in [4.69, 9.17) is 0 Å². The average Bonchev–Trinajstić information content (AvgIpc) is 2.78. The maximum Gasteiger partial charge on any atom is 0.259 e. The van der Waals surface area contributed by atoms with Crippen LogP contribution in [0.3, 0.4) is 0 Å². The highest BCUT2D eigenvalue weighted by molar-refractivity contribution is 8.04. The SMILES string of the molecule is C=C1SC(c2cc(C(C)(C)C)c(O)c(C(C)(C)C)c2)C(=O)N1NCCC. The van der Waals surface area contributed by atoms with E-state index in [0.717, 1.165) is 34.7 Å². The van der Waals surface area contributed by atoms with Crippen LogP contribution in [0.2, 0.25) is 0 Å². The third-order valence-corrected chi connectivity index (χ3v) is 5.68. The minimum atomic E-state index is -0.338. The number of rotatable bonds is 4. The van der Waals surface area contributed by atoms with Crippen molar-refractivity contribution in [1.29, 1.82) is 0 Å². The molecule has 1 heterocycles. The number of benzene rings is 1. The number of phenolic OH excluding ortho intramolecular Hbond substituents is 1. The Kier molecular flexibility index (Phi) is 5.83. The molecule has 0 bridgehead atoms. The number of hydrogen-bond donors (Lipinski definition) is 2. The Morgan fingerprint density at radius 3 is 2.08 bits per heavy atom. The second kappa shape index (κ2) is 7.28. The Bertz CT molecular complexity index is 679. The number of phenols is 1. The van der Waals surface area contributed by atoms with Crippen LogP contribution < -0.4 is 5.43 Å². The third-order valence-electron chi connectivity index (χ3n) is 4.52. The summed E-state index contributed by atoms with van der Waals surface area (Å²) in [5.74, 6) is 0.336. The Morgan fingerprint density at radius 1 is 1.15 bits per heavy atom. The summed E-state index contributed by atoms with van der Waals surface area (Å²) in [5.41, 5.74) is 5.38. The number of hydrazine groups is 1. The van der Waals surface area contributed by atoms with Gasteiger partial charge in [0.05, 0.1) is 5.03 Å². The number of carbonyl (C=O) groups is 1. The molecule has 0 radical (unpaired) electrons. The number of nitrogens with one attached hydrogen (secondary N) is 1. The van der Waals surface area contributed by atoms with Gasteiger partial charge >= 0.3 is 0 Å². The summed E-state index contributed by atoms with van der Waals surface area (Å²) in [6, 6.07) is 3.97. The lowest BCUT2D eigenvalue weighted by Gasteiger charge is -2.29. The Labute approximate surface area is 162 Å². The number of thioether (sulfide) groups is 1. The maximum atomic E-state index is 12.9. The quantitative estimate of drug-likeness (QED) is 0.777. The molecule has 0 aliphatic carbocycles. The fraction of sp³-hybridized carbons (Fsp3) is 0.571. The molecule has 1 aliphatic rings. The second-order valence-corrected chi connectivity index (χ2v) is 10.1. The first-order valence-electron chi connectivity index (χ1n) is 9.18. The predicted octanol–water partition coefficient (Wildman–Crippen LogP) is 4.99. The van der Waals surface area contributed by atoms with Crippen LogP contribution in [0, 0.1) is 0 Å². The van der Waals surface area contributed by atoms with Crippen molar-refractivity contribution in [2.24, 2.45) is 0 Å². The number of nitrogens with zero attached hydrogens (tertiary/aromatic N) is 1. The standard InChI is InChI=1S/C21H32N2O2S/c1-9-10-22-23-13(2)26-18(19(23)25)14-11-15(20(3,4)5)17(24)16(12-14)21(6,7)8/h11-12,18,22,24H,2,9-10H2,1,3-8H3. The van der Waals surface area contributed by atoms with Crippen LogP contribution >= 0.6 is 11.8 Å². The summed E-state index contributed by atoms with van der Waals surface area (Å²) >= 11 is 1.47. The van der Waals surface area contributed by atoms with Gasteiger partial charge in [-0.3, -0.25) is 4.79 Å². The molecule has 0 spiro atoms. The van der Waals surface area contributed by atoms with Crippen LogP contribution in [-0.2, 0) is 15.6 Å². The van der Waals surface area contributed by atoms with Crippen molar-refractivity contribution < 1.29 is 9.90 Å². The van der Waals surface area contributed by atoms with Gasteiger partial charge in [0.1, 0.15) is 11.0 Å². The molecule has 1 aliphatic heterocycles. The van der Waals surface area contributed by atoms with Crippen molar-refractivity contribution in [1.82, 2.24) is 10.4 Å². The zero-order valence-corrected chi connectivity index (χ0v) is 17.9. The fourth-order valence-electron chi connectivity index (χ4n) is 3.03. The third kappa shape index (κ3) is 4.09. The van der Waals surface area contributed by atoms with Gasteiger partial charge in [0.25, 0.3) is 5.91 Å². The van der Waals surface area contributed by atoms with Crippen molar-refractivity contribution in [3.8, 4) is 5.75 Å². The lowest BCUT2D eigenvalue weighted by Crippen LogP contribution is -2.39. The van der Waals surface area contributed by atoms with Crippen molar-refractivity contribution in [2.45, 2.75) is 71.0 Å². The number of carbonyl (C=O) groups excluding carboxylic acids is 1. The largest absolute Gasteiger partial charge is 0.507 e. The van der Waals surface area contributed by atoms with Gasteiger partial charge < -0.3 is 5.11 Å². The van der Waals surface area contributed by atoms with Gasteiger partial charge in [-0.2, -0.15) is 0 Å². The van der Waals surface area contributed by atoms with Crippen LogP contribution in [0.5, 0.6) is 5.75 Å². The fourth-order valence-corrected chi connectivity index (χ4v) is 4.04. The first kappa shape index (κ1) is 20.8. The van der Waals surface area contributed by atoms with Crippen molar-refractivity contribution in [3.63, 3.8) is 0 Å². The molecule has 1 aromatic rings. The van der Waals surface area contributed by atoms with E-state index in [-0.39, 0.29) is 22.0 Å². The molecule has 1 unspecified atom stereocenters. The topological polar surface area (TPSA) is 52.6 Å². The second-order valence-electron chi connectivity index (χ2n) is 8.94. The predicted molar refractivity (Wildman–Crippen MR) is 110 cm³/mol. The molecule has 144 valence electrons. The van der Waals surface area contributed by atoms with Gasteiger partial charge in [-0.1, -0.05) is 66.8 Å². The zero-order valence-electron chi connectivity index (χ0n) is 17.1. The molecule has 1 saturated heterocycles. The van der Waals surface area contributed by atoms with E-state index in [0.29, 0.717) is 5.75 Å². The van der Waals surface area contributed by atoms with E-state index in [1.54, 1.807) is 5.01 Å². The van der Waals surface area contributed by atoms with Crippen LogP contribution in [0.25, 0.3) is 0 Å². The molecule has 1 atom stereocenters. The molecule has 0 aromatic heterocycles. The molecule has 4 nitrogen and oxygen atoms in total. The van der Waals surface area contributed by atoms with Gasteiger partial charge in [0.2, 0.25) is 0 Å². The van der Waals surface area contributed by atoms with Gasteiger partial charge in [0, 0.05) is 6.54 Å². The summed E-state index contributed by atoms with van der Waals surface area (Å²) in [6.07, 6.45) is 0.938. The molecule has 0 saturated carbocycles. The van der Waals surface area contributed by atoms with Gasteiger partial charge in [-0.15, -0.1) is 0 Å². The minimum Gasteiger partial charge on any atom is -0.507 e. The first-order chi connectivity index (χ1) is 11.9. The molecule has 26 heavy (non-hydrogen) atoms. The maximum absolute atomic E-state index is 12.9. The van der Waals surface area contributed by atoms with E-state index < -0.39 is 0 Å². The molecular formula is C21H32N2O2S. The average molecular weight is 377 g/mol. The highest BCUT2D eigenvalue weighted by Gasteiger charge is 2.38. The van der Waals surface area contributed by atoms with Gasteiger partial charge in [-0.25, -0.2) is 10.4 Å². The lowest BCUT2D eigenvalue weighted by molar-refractivity contribution is -0.130. The van der Waals surface area contributed by atoms with Crippen molar-refractivity contribution in [3.05, 3.63) is 40.4 Å². The molecule has 1 fully saturated rings. The van der Waals surface area contributed by atoms with E-state index in [2.05, 4.69) is 60.5 Å².